The van der Waals surface area contributed by atoms with E-state index in [9.17, 15) is 4.79 Å². The summed E-state index contributed by atoms with van der Waals surface area (Å²) in [5.74, 6) is 0.734. The van der Waals surface area contributed by atoms with Gasteiger partial charge >= 0.3 is 0 Å². The first-order valence-electron chi connectivity index (χ1n) is 6.52. The first kappa shape index (κ1) is 12.2. The molecule has 2 atom stereocenters. The summed E-state index contributed by atoms with van der Waals surface area (Å²) in [6, 6.07) is 7.15. The summed E-state index contributed by atoms with van der Waals surface area (Å²) >= 11 is 0. The Morgan fingerprint density at radius 1 is 1.26 bits per heavy atom. The lowest BCUT2D eigenvalue weighted by atomic mass is 10.2. The molecule has 0 amide bonds. The minimum absolute atomic E-state index is 0.0487. The largest absolute Gasteiger partial charge is 0.372 e. The number of ether oxygens (including phenoxy) is 1. The number of rotatable bonds is 1. The average Bonchev–Trinajstić information content (AvgIpc) is 2.37. The molecule has 0 saturated carbocycles. The van der Waals surface area contributed by atoms with E-state index in [0.29, 0.717) is 5.65 Å². The fraction of sp³-hybridized carbons (Fsp3) is 0.429. The molecule has 1 aliphatic heterocycles. The highest BCUT2D eigenvalue weighted by molar-refractivity contribution is 5.48. The van der Waals surface area contributed by atoms with E-state index in [1.54, 1.807) is 16.7 Å². The molecule has 5 nitrogen and oxygen atoms in total. The van der Waals surface area contributed by atoms with Gasteiger partial charge in [0.05, 0.1) is 12.2 Å². The van der Waals surface area contributed by atoms with Crippen LogP contribution in [-0.2, 0) is 4.74 Å². The molecule has 3 heterocycles. The van der Waals surface area contributed by atoms with Crippen LogP contribution in [0.3, 0.4) is 0 Å². The first-order valence-corrected chi connectivity index (χ1v) is 6.52. The Morgan fingerprint density at radius 3 is 2.74 bits per heavy atom. The maximum Gasteiger partial charge on any atom is 0.259 e. The molecule has 2 aromatic rings. The van der Waals surface area contributed by atoms with Gasteiger partial charge in [-0.15, -0.1) is 0 Å². The van der Waals surface area contributed by atoms with Crippen LogP contribution in [0.1, 0.15) is 13.8 Å². The fourth-order valence-corrected chi connectivity index (χ4v) is 2.57. The van der Waals surface area contributed by atoms with Crippen LogP contribution in [0.25, 0.3) is 5.65 Å². The Balaban J connectivity index is 2.03. The van der Waals surface area contributed by atoms with Crippen LogP contribution in [-0.4, -0.2) is 34.7 Å². The van der Waals surface area contributed by atoms with Crippen LogP contribution < -0.4 is 10.5 Å². The van der Waals surface area contributed by atoms with Gasteiger partial charge in [0.2, 0.25) is 0 Å². The lowest BCUT2D eigenvalue weighted by molar-refractivity contribution is -0.00545. The second-order valence-corrected chi connectivity index (χ2v) is 5.04. The van der Waals surface area contributed by atoms with Crippen molar-refractivity contribution in [3.63, 3.8) is 0 Å². The van der Waals surface area contributed by atoms with Crippen molar-refractivity contribution in [3.05, 3.63) is 40.8 Å². The summed E-state index contributed by atoms with van der Waals surface area (Å²) in [6.07, 6.45) is 2.04. The highest BCUT2D eigenvalue weighted by Gasteiger charge is 2.23. The molecule has 1 aliphatic rings. The molecule has 0 aromatic carbocycles. The van der Waals surface area contributed by atoms with E-state index in [2.05, 4.69) is 9.88 Å². The Bertz CT molecular complexity index is 642. The monoisotopic (exact) mass is 259 g/mol. The molecule has 1 fully saturated rings. The number of fused-ring (bicyclic) bond motifs is 1. The second kappa shape index (κ2) is 4.66. The summed E-state index contributed by atoms with van der Waals surface area (Å²) < 4.78 is 7.26. The van der Waals surface area contributed by atoms with Gasteiger partial charge in [-0.05, 0) is 26.0 Å². The third-order valence-electron chi connectivity index (χ3n) is 3.30. The van der Waals surface area contributed by atoms with Crippen molar-refractivity contribution in [2.24, 2.45) is 0 Å². The van der Waals surface area contributed by atoms with Gasteiger partial charge in [0, 0.05) is 25.4 Å². The van der Waals surface area contributed by atoms with E-state index in [0.717, 1.165) is 18.9 Å². The Kier molecular flexibility index (Phi) is 2.98. The quantitative estimate of drug-likeness (QED) is 0.774. The zero-order valence-corrected chi connectivity index (χ0v) is 11.1. The molecule has 100 valence electrons. The second-order valence-electron chi connectivity index (χ2n) is 5.04. The standard InChI is InChI=1S/C14H17N3O2/c1-10-8-16(9-11(2)19-10)13-7-14(18)17-6-4-3-5-12(17)15-13/h3-7,10-11H,8-9H2,1-2H3/t10-,11-/m0/s1. The summed E-state index contributed by atoms with van der Waals surface area (Å²) in [5.41, 5.74) is 0.629. The maximum absolute atomic E-state index is 12.1. The van der Waals surface area contributed by atoms with Gasteiger partial charge < -0.3 is 9.64 Å². The Hall–Kier alpha value is -1.88. The number of hydrogen-bond acceptors (Lipinski definition) is 4. The summed E-state index contributed by atoms with van der Waals surface area (Å²) in [6.45, 7) is 5.60. The van der Waals surface area contributed by atoms with Gasteiger partial charge in [0.25, 0.3) is 5.56 Å². The maximum atomic E-state index is 12.1. The molecule has 0 bridgehead atoms. The van der Waals surface area contributed by atoms with E-state index >= 15 is 0 Å². The smallest absolute Gasteiger partial charge is 0.259 e. The van der Waals surface area contributed by atoms with Crippen molar-refractivity contribution in [2.45, 2.75) is 26.1 Å². The van der Waals surface area contributed by atoms with Crippen LogP contribution in [0.5, 0.6) is 0 Å². The number of morpholine rings is 1. The Morgan fingerprint density at radius 2 is 2.00 bits per heavy atom. The van der Waals surface area contributed by atoms with Crippen molar-refractivity contribution in [3.8, 4) is 0 Å². The fourth-order valence-electron chi connectivity index (χ4n) is 2.57. The van der Waals surface area contributed by atoms with Gasteiger partial charge in [-0.25, -0.2) is 4.98 Å². The van der Waals surface area contributed by atoms with E-state index in [1.165, 1.54) is 0 Å². The number of aromatic nitrogens is 2. The molecule has 0 N–H and O–H groups in total. The van der Waals surface area contributed by atoms with Gasteiger partial charge in [-0.3, -0.25) is 9.20 Å². The zero-order chi connectivity index (χ0) is 13.4. The van der Waals surface area contributed by atoms with Crippen LogP contribution in [0, 0.1) is 0 Å². The predicted octanol–water partition coefficient (Wildman–Crippen LogP) is 1.31. The summed E-state index contributed by atoms with van der Waals surface area (Å²) in [4.78, 5) is 18.8. The highest BCUT2D eigenvalue weighted by atomic mass is 16.5. The number of nitrogens with zero attached hydrogens (tertiary/aromatic N) is 3. The zero-order valence-electron chi connectivity index (χ0n) is 11.1. The van der Waals surface area contributed by atoms with Gasteiger partial charge in [0.15, 0.2) is 0 Å². The topological polar surface area (TPSA) is 46.8 Å². The molecular weight excluding hydrogens is 242 g/mol. The molecule has 5 heteroatoms. The van der Waals surface area contributed by atoms with Crippen LogP contribution in [0.4, 0.5) is 5.82 Å². The SMILES string of the molecule is C[C@H]1CN(c2cc(=O)n3ccccc3n2)C[C@H](C)O1. The third kappa shape index (κ3) is 2.33. The molecule has 0 aliphatic carbocycles. The minimum Gasteiger partial charge on any atom is -0.372 e. The Labute approximate surface area is 111 Å². The van der Waals surface area contributed by atoms with Gasteiger partial charge in [0.1, 0.15) is 11.5 Å². The van der Waals surface area contributed by atoms with E-state index in [4.69, 9.17) is 4.74 Å². The summed E-state index contributed by atoms with van der Waals surface area (Å²) in [7, 11) is 0. The lowest BCUT2D eigenvalue weighted by Crippen LogP contribution is -2.46. The van der Waals surface area contributed by atoms with Crippen LogP contribution in [0.15, 0.2) is 35.3 Å². The summed E-state index contributed by atoms with van der Waals surface area (Å²) in [5, 5.41) is 0. The highest BCUT2D eigenvalue weighted by Crippen LogP contribution is 2.17. The van der Waals surface area contributed by atoms with Crippen molar-refractivity contribution >= 4 is 11.5 Å². The number of anilines is 1. The molecule has 3 rings (SSSR count). The lowest BCUT2D eigenvalue weighted by Gasteiger charge is -2.36. The van der Waals surface area contributed by atoms with Crippen molar-refractivity contribution in [1.29, 1.82) is 0 Å². The van der Waals surface area contributed by atoms with Crippen molar-refractivity contribution in [2.75, 3.05) is 18.0 Å². The van der Waals surface area contributed by atoms with Crippen LogP contribution >= 0.6 is 0 Å². The molecule has 0 spiro atoms. The van der Waals surface area contributed by atoms with Crippen molar-refractivity contribution in [1.82, 2.24) is 9.38 Å². The number of hydrogen-bond donors (Lipinski definition) is 0. The third-order valence-corrected chi connectivity index (χ3v) is 3.30. The van der Waals surface area contributed by atoms with E-state index in [1.807, 2.05) is 32.0 Å². The predicted molar refractivity (Wildman–Crippen MR) is 73.7 cm³/mol. The first-order chi connectivity index (χ1) is 9.13. The van der Waals surface area contributed by atoms with Crippen LogP contribution in [0.2, 0.25) is 0 Å². The molecule has 0 unspecified atom stereocenters. The molecule has 19 heavy (non-hydrogen) atoms. The molecular formula is C14H17N3O2. The number of pyridine rings is 1. The van der Waals surface area contributed by atoms with Gasteiger partial charge in [-0.1, -0.05) is 6.07 Å². The van der Waals surface area contributed by atoms with E-state index < -0.39 is 0 Å². The minimum atomic E-state index is -0.0487. The molecule has 2 aromatic heterocycles. The average molecular weight is 259 g/mol. The van der Waals surface area contributed by atoms with E-state index in [-0.39, 0.29) is 17.8 Å². The molecule has 0 radical (unpaired) electrons. The van der Waals surface area contributed by atoms with Gasteiger partial charge in [-0.2, -0.15) is 0 Å². The normalized spacial score (nSPS) is 23.8. The van der Waals surface area contributed by atoms with Crippen molar-refractivity contribution < 1.29 is 4.74 Å². The molecule has 1 saturated heterocycles.